The fourth-order valence-corrected chi connectivity index (χ4v) is 4.50. The van der Waals surface area contributed by atoms with E-state index in [1.54, 1.807) is 31.5 Å². The largest absolute Gasteiger partial charge is 0.407 e. The summed E-state index contributed by atoms with van der Waals surface area (Å²) < 4.78 is 43.1. The summed E-state index contributed by atoms with van der Waals surface area (Å²) in [7, 11) is 0. The Balaban J connectivity index is 1.71. The minimum absolute atomic E-state index is 0.0768. The number of fused-ring (bicyclic) bond motifs is 1. The van der Waals surface area contributed by atoms with E-state index in [0.29, 0.717) is 22.5 Å². The number of benzene rings is 1. The van der Waals surface area contributed by atoms with E-state index in [1.807, 2.05) is 0 Å². The quantitative estimate of drug-likeness (QED) is 0.366. The average Bonchev–Trinajstić information content (AvgIpc) is 3.52. The summed E-state index contributed by atoms with van der Waals surface area (Å²) in [6.45, 7) is 4.95. The number of halogens is 4. The molecule has 2 atom stereocenters. The lowest BCUT2D eigenvalue weighted by atomic mass is 10.0. The van der Waals surface area contributed by atoms with Crippen molar-refractivity contribution in [2.45, 2.75) is 63.8 Å². The number of nitrogens with one attached hydrogen (secondary N) is 3. The molecule has 11 heteroatoms. The van der Waals surface area contributed by atoms with Gasteiger partial charge in [-0.1, -0.05) is 17.7 Å². The molecule has 1 aliphatic rings. The predicted molar refractivity (Wildman–Crippen MR) is 129 cm³/mol. The standard InChI is InChI=1S/C24H26ClF3N6O/c1-23(2,3)32-20(24(26,27)28)15-7-6-14(12-16(15)25)31-21-19-18(9-11-30-22(19)35)34(33-21)17(8-10-29)13-4-5-13/h6-7,9,11-13,17,20,32H,4-5,8H2,1-3H3,(H,30,35)(H,31,33). The van der Waals surface area contributed by atoms with Crippen LogP contribution in [0.2, 0.25) is 5.02 Å². The summed E-state index contributed by atoms with van der Waals surface area (Å²) in [4.78, 5) is 15.3. The monoisotopic (exact) mass is 506 g/mol. The first-order valence-corrected chi connectivity index (χ1v) is 11.6. The Labute approximate surface area is 205 Å². The highest BCUT2D eigenvalue weighted by atomic mass is 35.5. The van der Waals surface area contributed by atoms with E-state index in [1.165, 1.54) is 24.4 Å². The highest BCUT2D eigenvalue weighted by molar-refractivity contribution is 6.31. The van der Waals surface area contributed by atoms with Crippen LogP contribution in [0.5, 0.6) is 0 Å². The van der Waals surface area contributed by atoms with Crippen LogP contribution in [0, 0.1) is 17.2 Å². The second-order valence-electron chi connectivity index (χ2n) is 9.86. The van der Waals surface area contributed by atoms with Gasteiger partial charge in [0.1, 0.15) is 11.4 Å². The highest BCUT2D eigenvalue weighted by Crippen LogP contribution is 2.43. The number of nitrogens with zero attached hydrogens (tertiary/aromatic N) is 3. The first-order chi connectivity index (χ1) is 16.4. The molecule has 3 aromatic rings. The van der Waals surface area contributed by atoms with E-state index in [2.05, 4.69) is 26.8 Å². The first-order valence-electron chi connectivity index (χ1n) is 11.3. The van der Waals surface area contributed by atoms with Crippen molar-refractivity contribution in [3.05, 3.63) is 51.4 Å². The van der Waals surface area contributed by atoms with Gasteiger partial charge >= 0.3 is 6.18 Å². The second kappa shape index (κ2) is 9.21. The number of hydrogen-bond donors (Lipinski definition) is 3. The Bertz CT molecular complexity index is 1330. The molecule has 2 heterocycles. The van der Waals surface area contributed by atoms with Crippen LogP contribution in [-0.2, 0) is 0 Å². The molecule has 0 aliphatic heterocycles. The SMILES string of the molecule is CC(C)(C)NC(c1ccc(Nc2nn(C(CC#N)C3CC3)c3cc[nH]c(=O)c23)cc1Cl)C(F)(F)F. The predicted octanol–water partition coefficient (Wildman–Crippen LogP) is 5.98. The van der Waals surface area contributed by atoms with Gasteiger partial charge in [0.15, 0.2) is 5.82 Å². The Hall–Kier alpha value is -3.03. The second-order valence-corrected chi connectivity index (χ2v) is 10.3. The molecule has 2 aromatic heterocycles. The normalized spacial score (nSPS) is 16.2. The summed E-state index contributed by atoms with van der Waals surface area (Å²) >= 11 is 6.31. The fraction of sp³-hybridized carbons (Fsp3) is 0.458. The number of aromatic amines is 1. The zero-order valence-corrected chi connectivity index (χ0v) is 20.3. The molecule has 3 N–H and O–H groups in total. The Morgan fingerprint density at radius 1 is 1.29 bits per heavy atom. The van der Waals surface area contributed by atoms with E-state index >= 15 is 0 Å². The Kier molecular flexibility index (Phi) is 6.60. The van der Waals surface area contributed by atoms with Crippen molar-refractivity contribution >= 4 is 34.0 Å². The molecular formula is C24H26ClF3N6O. The molecule has 186 valence electrons. The zero-order valence-electron chi connectivity index (χ0n) is 19.5. The van der Waals surface area contributed by atoms with Crippen molar-refractivity contribution in [1.82, 2.24) is 20.1 Å². The van der Waals surface area contributed by atoms with Crippen LogP contribution >= 0.6 is 11.6 Å². The van der Waals surface area contributed by atoms with Crippen LogP contribution in [0.1, 0.15) is 57.7 Å². The van der Waals surface area contributed by atoms with Crippen molar-refractivity contribution in [2.75, 3.05) is 5.32 Å². The summed E-state index contributed by atoms with van der Waals surface area (Å²) in [5.41, 5.74) is -0.298. The van der Waals surface area contributed by atoms with Gasteiger partial charge < -0.3 is 10.3 Å². The molecule has 0 spiro atoms. The number of rotatable bonds is 7. The molecule has 0 amide bonds. The van der Waals surface area contributed by atoms with E-state index in [9.17, 15) is 23.2 Å². The summed E-state index contributed by atoms with van der Waals surface area (Å²) in [5.74, 6) is 0.558. The number of H-pyrrole nitrogens is 1. The smallest absolute Gasteiger partial charge is 0.338 e. The molecule has 1 aromatic carbocycles. The molecule has 2 unspecified atom stereocenters. The maximum Gasteiger partial charge on any atom is 0.407 e. The van der Waals surface area contributed by atoms with E-state index in [0.717, 1.165) is 12.8 Å². The van der Waals surface area contributed by atoms with Gasteiger partial charge in [-0.05, 0) is 63.3 Å². The summed E-state index contributed by atoms with van der Waals surface area (Å²) in [5, 5.41) is 19.7. The van der Waals surface area contributed by atoms with Gasteiger partial charge in [0.05, 0.1) is 24.0 Å². The van der Waals surface area contributed by atoms with Crippen molar-refractivity contribution < 1.29 is 13.2 Å². The lowest BCUT2D eigenvalue weighted by Gasteiger charge is -2.31. The molecule has 0 saturated heterocycles. The number of nitriles is 1. The van der Waals surface area contributed by atoms with Gasteiger partial charge in [0.25, 0.3) is 5.56 Å². The topological polar surface area (TPSA) is 98.5 Å². The van der Waals surface area contributed by atoms with Gasteiger partial charge in [-0.25, -0.2) is 0 Å². The molecule has 4 rings (SSSR count). The van der Waals surface area contributed by atoms with E-state index in [4.69, 9.17) is 11.6 Å². The number of alkyl halides is 3. The molecule has 35 heavy (non-hydrogen) atoms. The molecule has 0 bridgehead atoms. The van der Waals surface area contributed by atoms with Gasteiger partial charge in [0, 0.05) is 22.4 Å². The van der Waals surface area contributed by atoms with Gasteiger partial charge in [-0.2, -0.15) is 23.5 Å². The van der Waals surface area contributed by atoms with Crippen LogP contribution in [-0.4, -0.2) is 26.5 Å². The molecule has 1 fully saturated rings. The third-order valence-corrected chi connectivity index (χ3v) is 6.22. The van der Waals surface area contributed by atoms with Crippen LogP contribution in [0.4, 0.5) is 24.7 Å². The summed E-state index contributed by atoms with van der Waals surface area (Å²) in [6.07, 6.45) is -0.798. The maximum absolute atomic E-state index is 13.8. The van der Waals surface area contributed by atoms with Crippen molar-refractivity contribution in [3.8, 4) is 6.07 Å². The molecular weight excluding hydrogens is 481 g/mol. The third kappa shape index (κ3) is 5.46. The van der Waals surface area contributed by atoms with Crippen molar-refractivity contribution in [3.63, 3.8) is 0 Å². The van der Waals surface area contributed by atoms with Crippen molar-refractivity contribution in [2.24, 2.45) is 5.92 Å². The number of pyridine rings is 1. The lowest BCUT2D eigenvalue weighted by molar-refractivity contribution is -0.161. The van der Waals surface area contributed by atoms with E-state index < -0.39 is 17.8 Å². The molecule has 0 radical (unpaired) electrons. The van der Waals surface area contributed by atoms with Gasteiger partial charge in [-0.15, -0.1) is 0 Å². The Morgan fingerprint density at radius 3 is 2.57 bits per heavy atom. The third-order valence-electron chi connectivity index (χ3n) is 5.89. The van der Waals surface area contributed by atoms with E-state index in [-0.39, 0.29) is 34.4 Å². The highest BCUT2D eigenvalue weighted by Gasteiger charge is 2.43. The van der Waals surface area contributed by atoms with Crippen molar-refractivity contribution in [1.29, 1.82) is 5.26 Å². The Morgan fingerprint density at radius 2 is 2.00 bits per heavy atom. The number of anilines is 2. The first kappa shape index (κ1) is 25.1. The molecule has 7 nitrogen and oxygen atoms in total. The summed E-state index contributed by atoms with van der Waals surface area (Å²) in [6, 6.07) is 5.98. The van der Waals surface area contributed by atoms with Crippen LogP contribution in [0.3, 0.4) is 0 Å². The maximum atomic E-state index is 13.8. The number of hydrogen-bond acceptors (Lipinski definition) is 5. The molecule has 1 aliphatic carbocycles. The average molecular weight is 507 g/mol. The lowest BCUT2D eigenvalue weighted by Crippen LogP contribution is -2.45. The fourth-order valence-electron chi connectivity index (χ4n) is 4.21. The minimum Gasteiger partial charge on any atom is -0.338 e. The van der Waals surface area contributed by atoms with Gasteiger partial charge in [0.2, 0.25) is 0 Å². The van der Waals surface area contributed by atoms with Crippen LogP contribution in [0.25, 0.3) is 10.9 Å². The zero-order chi connectivity index (χ0) is 25.5. The van der Waals surface area contributed by atoms with Gasteiger partial charge in [-0.3, -0.25) is 14.8 Å². The minimum atomic E-state index is -4.55. The van der Waals surface area contributed by atoms with Crippen LogP contribution < -0.4 is 16.2 Å². The van der Waals surface area contributed by atoms with Crippen LogP contribution in [0.15, 0.2) is 35.3 Å². The molecule has 1 saturated carbocycles. The number of aromatic nitrogens is 3.